The van der Waals surface area contributed by atoms with Crippen molar-refractivity contribution in [2.24, 2.45) is 0 Å². The van der Waals surface area contributed by atoms with Crippen molar-refractivity contribution < 1.29 is 5.11 Å². The Bertz CT molecular complexity index is 330. The highest BCUT2D eigenvalue weighted by molar-refractivity contribution is 5.37. The van der Waals surface area contributed by atoms with Gasteiger partial charge in [0.25, 0.3) is 0 Å². The molecule has 0 aromatic heterocycles. The minimum Gasteiger partial charge on any atom is -0.385 e. The minimum atomic E-state index is -0.641. The molecule has 0 bridgehead atoms. The van der Waals surface area contributed by atoms with Crippen LogP contribution < -0.4 is 0 Å². The Morgan fingerprint density at radius 3 is 3.00 bits per heavy atom. The number of hydrogen-bond acceptors (Lipinski definition) is 1. The highest BCUT2D eigenvalue weighted by Crippen LogP contribution is 2.39. The summed E-state index contributed by atoms with van der Waals surface area (Å²) >= 11 is 0. The van der Waals surface area contributed by atoms with E-state index in [1.807, 2.05) is 18.2 Å². The SMILES string of the molecule is C=CCC1(O)CCc2ccccc21. The molecule has 0 fully saturated rings. The molecule has 0 aliphatic heterocycles. The summed E-state index contributed by atoms with van der Waals surface area (Å²) in [4.78, 5) is 0. The first-order valence-electron chi connectivity index (χ1n) is 4.68. The summed E-state index contributed by atoms with van der Waals surface area (Å²) in [5.41, 5.74) is 1.74. The lowest BCUT2D eigenvalue weighted by molar-refractivity contribution is 0.0419. The van der Waals surface area contributed by atoms with E-state index in [0.29, 0.717) is 6.42 Å². The fourth-order valence-electron chi connectivity index (χ4n) is 2.12. The van der Waals surface area contributed by atoms with Crippen LogP contribution in [0.5, 0.6) is 0 Å². The Labute approximate surface area is 78.7 Å². The van der Waals surface area contributed by atoms with Crippen LogP contribution in [0.2, 0.25) is 0 Å². The smallest absolute Gasteiger partial charge is 0.0936 e. The summed E-state index contributed by atoms with van der Waals surface area (Å²) in [7, 11) is 0. The lowest BCUT2D eigenvalue weighted by Crippen LogP contribution is -2.20. The molecule has 0 amide bonds. The third kappa shape index (κ3) is 1.29. The average Bonchev–Trinajstić information content (AvgIpc) is 2.46. The Balaban J connectivity index is 2.42. The predicted molar refractivity (Wildman–Crippen MR) is 53.5 cm³/mol. The highest BCUT2D eigenvalue weighted by Gasteiger charge is 2.34. The van der Waals surface area contributed by atoms with Gasteiger partial charge in [-0.15, -0.1) is 6.58 Å². The van der Waals surface area contributed by atoms with Gasteiger partial charge in [-0.1, -0.05) is 30.3 Å². The standard InChI is InChI=1S/C12H14O/c1-2-8-12(13)9-7-10-5-3-4-6-11(10)12/h2-6,13H,1,7-9H2. The van der Waals surface area contributed by atoms with Gasteiger partial charge in [-0.05, 0) is 30.4 Å². The van der Waals surface area contributed by atoms with Crippen LogP contribution in [0.25, 0.3) is 0 Å². The van der Waals surface area contributed by atoms with E-state index < -0.39 is 5.60 Å². The topological polar surface area (TPSA) is 20.2 Å². The van der Waals surface area contributed by atoms with Gasteiger partial charge >= 0.3 is 0 Å². The maximum absolute atomic E-state index is 10.3. The van der Waals surface area contributed by atoms with Crippen molar-refractivity contribution in [2.75, 3.05) is 0 Å². The maximum Gasteiger partial charge on any atom is 0.0936 e. The van der Waals surface area contributed by atoms with E-state index in [1.54, 1.807) is 6.08 Å². The molecule has 13 heavy (non-hydrogen) atoms. The van der Waals surface area contributed by atoms with Crippen LogP contribution in [0.1, 0.15) is 24.0 Å². The van der Waals surface area contributed by atoms with E-state index in [1.165, 1.54) is 5.56 Å². The molecule has 0 radical (unpaired) electrons. The summed E-state index contributed by atoms with van der Waals surface area (Å²) in [6.45, 7) is 3.68. The van der Waals surface area contributed by atoms with Crippen LogP contribution in [-0.4, -0.2) is 5.11 Å². The first-order chi connectivity index (χ1) is 6.26. The molecule has 1 N–H and O–H groups in total. The number of aryl methyl sites for hydroxylation is 1. The molecule has 1 nitrogen and oxygen atoms in total. The number of fused-ring (bicyclic) bond motifs is 1. The molecule has 0 heterocycles. The minimum absolute atomic E-state index is 0.641. The zero-order valence-electron chi connectivity index (χ0n) is 7.66. The summed E-state index contributed by atoms with van der Waals surface area (Å²) < 4.78 is 0. The highest BCUT2D eigenvalue weighted by atomic mass is 16.3. The quantitative estimate of drug-likeness (QED) is 0.682. The van der Waals surface area contributed by atoms with Gasteiger partial charge in [0.1, 0.15) is 0 Å². The third-order valence-corrected chi connectivity index (χ3v) is 2.81. The summed E-state index contributed by atoms with van der Waals surface area (Å²) in [5, 5.41) is 10.3. The van der Waals surface area contributed by atoms with Crippen molar-refractivity contribution in [2.45, 2.75) is 24.9 Å². The summed E-state index contributed by atoms with van der Waals surface area (Å²) in [5.74, 6) is 0. The second-order valence-corrected chi connectivity index (χ2v) is 3.68. The van der Waals surface area contributed by atoms with Gasteiger partial charge in [0, 0.05) is 0 Å². The van der Waals surface area contributed by atoms with Gasteiger partial charge in [-0.3, -0.25) is 0 Å². The molecule has 1 atom stereocenters. The summed E-state index contributed by atoms with van der Waals surface area (Å²) in [6, 6.07) is 8.12. The molecule has 0 saturated heterocycles. The molecule has 2 rings (SSSR count). The third-order valence-electron chi connectivity index (χ3n) is 2.81. The number of aliphatic hydroxyl groups is 1. The molecule has 0 saturated carbocycles. The fourth-order valence-corrected chi connectivity index (χ4v) is 2.12. The van der Waals surface area contributed by atoms with Gasteiger partial charge in [0.15, 0.2) is 0 Å². The maximum atomic E-state index is 10.3. The first kappa shape index (κ1) is 8.52. The van der Waals surface area contributed by atoms with E-state index in [2.05, 4.69) is 12.6 Å². The van der Waals surface area contributed by atoms with Crippen molar-refractivity contribution in [3.05, 3.63) is 48.0 Å². The second kappa shape index (κ2) is 3.00. The lowest BCUT2D eigenvalue weighted by atomic mass is 9.92. The van der Waals surface area contributed by atoms with E-state index in [-0.39, 0.29) is 0 Å². The predicted octanol–water partition coefficient (Wildman–Crippen LogP) is 2.40. The molecular weight excluding hydrogens is 160 g/mol. The van der Waals surface area contributed by atoms with Gasteiger partial charge < -0.3 is 5.11 Å². The molecular formula is C12H14O. The van der Waals surface area contributed by atoms with E-state index in [9.17, 15) is 5.11 Å². The number of rotatable bonds is 2. The fraction of sp³-hybridized carbons (Fsp3) is 0.333. The zero-order chi connectivity index (χ0) is 9.31. The second-order valence-electron chi connectivity index (χ2n) is 3.68. The lowest BCUT2D eigenvalue weighted by Gasteiger charge is -2.21. The van der Waals surface area contributed by atoms with Crippen LogP contribution >= 0.6 is 0 Å². The van der Waals surface area contributed by atoms with Crippen LogP contribution in [0.15, 0.2) is 36.9 Å². The van der Waals surface area contributed by atoms with Crippen molar-refractivity contribution in [1.29, 1.82) is 0 Å². The Hall–Kier alpha value is -1.08. The number of hydrogen-bond donors (Lipinski definition) is 1. The zero-order valence-corrected chi connectivity index (χ0v) is 7.66. The van der Waals surface area contributed by atoms with Crippen LogP contribution in [0.4, 0.5) is 0 Å². The molecule has 0 spiro atoms. The van der Waals surface area contributed by atoms with Crippen molar-refractivity contribution >= 4 is 0 Å². The molecule has 1 aliphatic carbocycles. The summed E-state index contributed by atoms with van der Waals surface area (Å²) in [6.07, 6.45) is 4.27. The molecule has 1 aliphatic rings. The molecule has 1 unspecified atom stereocenters. The van der Waals surface area contributed by atoms with Crippen LogP contribution in [0, 0.1) is 0 Å². The van der Waals surface area contributed by atoms with Crippen LogP contribution in [-0.2, 0) is 12.0 Å². The van der Waals surface area contributed by atoms with Gasteiger partial charge in [-0.25, -0.2) is 0 Å². The molecule has 1 aromatic rings. The first-order valence-corrected chi connectivity index (χ1v) is 4.68. The van der Waals surface area contributed by atoms with Crippen molar-refractivity contribution in [3.63, 3.8) is 0 Å². The van der Waals surface area contributed by atoms with Crippen molar-refractivity contribution in [3.8, 4) is 0 Å². The normalized spacial score (nSPS) is 25.6. The van der Waals surface area contributed by atoms with Gasteiger partial charge in [0.2, 0.25) is 0 Å². The Kier molecular flexibility index (Phi) is 1.97. The van der Waals surface area contributed by atoms with E-state index in [4.69, 9.17) is 0 Å². The van der Waals surface area contributed by atoms with Crippen molar-refractivity contribution in [1.82, 2.24) is 0 Å². The van der Waals surface area contributed by atoms with Gasteiger partial charge in [-0.2, -0.15) is 0 Å². The average molecular weight is 174 g/mol. The van der Waals surface area contributed by atoms with Gasteiger partial charge in [0.05, 0.1) is 5.60 Å². The molecule has 68 valence electrons. The Morgan fingerprint density at radius 2 is 2.23 bits per heavy atom. The molecule has 1 aromatic carbocycles. The van der Waals surface area contributed by atoms with E-state index >= 15 is 0 Å². The molecule has 1 heteroatoms. The van der Waals surface area contributed by atoms with E-state index in [0.717, 1.165) is 18.4 Å². The van der Waals surface area contributed by atoms with Crippen LogP contribution in [0.3, 0.4) is 0 Å². The monoisotopic (exact) mass is 174 g/mol. The Morgan fingerprint density at radius 1 is 1.46 bits per heavy atom. The largest absolute Gasteiger partial charge is 0.385 e. The number of benzene rings is 1.